The SMILES string of the molecule is CCCN1CCCN(c2nn3cc(-c4cccnc4)nc3s2)CC1=O. The van der Waals surface area contributed by atoms with Gasteiger partial charge in [0.1, 0.15) is 0 Å². The van der Waals surface area contributed by atoms with Crippen LogP contribution in [0.1, 0.15) is 19.8 Å². The van der Waals surface area contributed by atoms with Gasteiger partial charge in [-0.15, -0.1) is 5.10 Å². The molecule has 7 nitrogen and oxygen atoms in total. The Morgan fingerprint density at radius 2 is 2.24 bits per heavy atom. The first-order chi connectivity index (χ1) is 12.2. The molecule has 25 heavy (non-hydrogen) atoms. The molecule has 0 unspecified atom stereocenters. The molecule has 1 saturated heterocycles. The Morgan fingerprint density at radius 3 is 3.00 bits per heavy atom. The predicted molar refractivity (Wildman–Crippen MR) is 97.8 cm³/mol. The number of fused-ring (bicyclic) bond motifs is 1. The molecule has 0 saturated carbocycles. The summed E-state index contributed by atoms with van der Waals surface area (Å²) in [6.07, 6.45) is 7.41. The molecule has 0 spiro atoms. The summed E-state index contributed by atoms with van der Waals surface area (Å²) in [6.45, 7) is 5.01. The molecule has 1 aliphatic rings. The normalized spacial score (nSPS) is 15.8. The van der Waals surface area contributed by atoms with Crippen molar-refractivity contribution < 1.29 is 4.79 Å². The highest BCUT2D eigenvalue weighted by Crippen LogP contribution is 2.27. The Bertz CT molecular complexity index is 842. The van der Waals surface area contributed by atoms with E-state index in [1.807, 2.05) is 23.2 Å². The van der Waals surface area contributed by atoms with Gasteiger partial charge in [0.25, 0.3) is 0 Å². The Morgan fingerprint density at radius 1 is 1.32 bits per heavy atom. The lowest BCUT2D eigenvalue weighted by Crippen LogP contribution is -2.37. The van der Waals surface area contributed by atoms with Crippen LogP contribution in [0.3, 0.4) is 0 Å². The third kappa shape index (κ3) is 3.21. The lowest BCUT2D eigenvalue weighted by molar-refractivity contribution is -0.129. The summed E-state index contributed by atoms with van der Waals surface area (Å²) in [4.78, 5) is 26.0. The maximum Gasteiger partial charge on any atom is 0.242 e. The van der Waals surface area contributed by atoms with Crippen molar-refractivity contribution >= 4 is 27.3 Å². The van der Waals surface area contributed by atoms with Gasteiger partial charge in [0.2, 0.25) is 16.0 Å². The summed E-state index contributed by atoms with van der Waals surface area (Å²) in [7, 11) is 0. The first-order valence-electron chi connectivity index (χ1n) is 8.54. The molecule has 1 amide bonds. The molecule has 0 atom stereocenters. The number of carbonyl (C=O) groups is 1. The summed E-state index contributed by atoms with van der Waals surface area (Å²) in [5.41, 5.74) is 1.83. The van der Waals surface area contributed by atoms with Crippen LogP contribution in [-0.4, -0.2) is 56.6 Å². The van der Waals surface area contributed by atoms with Crippen molar-refractivity contribution in [3.63, 3.8) is 0 Å². The number of imidazole rings is 1. The number of rotatable bonds is 4. The topological polar surface area (TPSA) is 66.6 Å². The highest BCUT2D eigenvalue weighted by atomic mass is 32.1. The van der Waals surface area contributed by atoms with E-state index in [0.29, 0.717) is 6.54 Å². The van der Waals surface area contributed by atoms with E-state index < -0.39 is 0 Å². The molecule has 3 aromatic rings. The van der Waals surface area contributed by atoms with Crippen LogP contribution in [0.4, 0.5) is 5.13 Å². The van der Waals surface area contributed by atoms with E-state index in [-0.39, 0.29) is 5.91 Å². The first-order valence-corrected chi connectivity index (χ1v) is 9.35. The Kier molecular flexibility index (Phi) is 4.35. The number of amides is 1. The number of nitrogens with zero attached hydrogens (tertiary/aromatic N) is 6. The van der Waals surface area contributed by atoms with Crippen molar-refractivity contribution in [2.24, 2.45) is 0 Å². The van der Waals surface area contributed by atoms with Gasteiger partial charge in [-0.2, -0.15) is 0 Å². The van der Waals surface area contributed by atoms with Crippen LogP contribution in [0.5, 0.6) is 0 Å². The zero-order chi connectivity index (χ0) is 17.2. The Balaban J connectivity index is 1.56. The van der Waals surface area contributed by atoms with E-state index in [9.17, 15) is 4.79 Å². The lowest BCUT2D eigenvalue weighted by atomic mass is 10.2. The van der Waals surface area contributed by atoms with Crippen molar-refractivity contribution in [3.05, 3.63) is 30.7 Å². The van der Waals surface area contributed by atoms with Gasteiger partial charge in [-0.1, -0.05) is 18.3 Å². The van der Waals surface area contributed by atoms with Gasteiger partial charge < -0.3 is 9.80 Å². The second-order valence-corrected chi connectivity index (χ2v) is 7.07. The van der Waals surface area contributed by atoms with Crippen molar-refractivity contribution in [1.29, 1.82) is 0 Å². The van der Waals surface area contributed by atoms with Crippen LogP contribution in [0.2, 0.25) is 0 Å². The molecule has 1 fully saturated rings. The van der Waals surface area contributed by atoms with Crippen molar-refractivity contribution in [2.45, 2.75) is 19.8 Å². The largest absolute Gasteiger partial charge is 0.341 e. The van der Waals surface area contributed by atoms with Gasteiger partial charge in [-0.25, -0.2) is 9.50 Å². The second kappa shape index (κ2) is 6.79. The van der Waals surface area contributed by atoms with Crippen LogP contribution in [0, 0.1) is 0 Å². The minimum Gasteiger partial charge on any atom is -0.341 e. The van der Waals surface area contributed by atoms with Crippen molar-refractivity contribution in [2.75, 3.05) is 31.1 Å². The maximum atomic E-state index is 12.4. The average molecular weight is 356 g/mol. The van der Waals surface area contributed by atoms with Crippen LogP contribution >= 0.6 is 11.3 Å². The van der Waals surface area contributed by atoms with Gasteiger partial charge in [-0.05, 0) is 25.0 Å². The molecule has 4 rings (SSSR count). The van der Waals surface area contributed by atoms with E-state index in [1.54, 1.807) is 16.9 Å². The number of pyridine rings is 1. The smallest absolute Gasteiger partial charge is 0.242 e. The van der Waals surface area contributed by atoms with E-state index in [4.69, 9.17) is 0 Å². The minimum atomic E-state index is 0.184. The fourth-order valence-electron chi connectivity index (χ4n) is 3.06. The molecule has 4 heterocycles. The highest BCUT2D eigenvalue weighted by molar-refractivity contribution is 7.20. The van der Waals surface area contributed by atoms with Crippen molar-refractivity contribution in [3.8, 4) is 11.3 Å². The van der Waals surface area contributed by atoms with E-state index in [1.165, 1.54) is 11.3 Å². The summed E-state index contributed by atoms with van der Waals surface area (Å²) < 4.78 is 1.79. The number of hydrogen-bond acceptors (Lipinski definition) is 6. The monoisotopic (exact) mass is 356 g/mol. The molecule has 1 aliphatic heterocycles. The van der Waals surface area contributed by atoms with Gasteiger partial charge >= 0.3 is 0 Å². The van der Waals surface area contributed by atoms with Gasteiger partial charge in [-0.3, -0.25) is 9.78 Å². The number of carbonyl (C=O) groups excluding carboxylic acids is 1. The highest BCUT2D eigenvalue weighted by Gasteiger charge is 2.24. The molecule has 0 N–H and O–H groups in total. The second-order valence-electron chi connectivity index (χ2n) is 6.14. The molecule has 0 bridgehead atoms. The first kappa shape index (κ1) is 16.0. The van der Waals surface area contributed by atoms with Crippen LogP contribution < -0.4 is 4.90 Å². The molecule has 0 aromatic carbocycles. The maximum absolute atomic E-state index is 12.4. The molecular formula is C17H20N6OS. The van der Waals surface area contributed by atoms with E-state index in [2.05, 4.69) is 26.9 Å². The molecular weight excluding hydrogens is 336 g/mol. The number of anilines is 1. The third-order valence-electron chi connectivity index (χ3n) is 4.29. The van der Waals surface area contributed by atoms with E-state index in [0.717, 1.165) is 53.8 Å². The summed E-state index contributed by atoms with van der Waals surface area (Å²) >= 11 is 1.52. The van der Waals surface area contributed by atoms with Crippen LogP contribution in [-0.2, 0) is 4.79 Å². The summed E-state index contributed by atoms with van der Waals surface area (Å²) in [5, 5.41) is 5.49. The predicted octanol–water partition coefficient (Wildman–Crippen LogP) is 2.30. The fourth-order valence-corrected chi connectivity index (χ4v) is 3.97. The molecule has 0 radical (unpaired) electrons. The summed E-state index contributed by atoms with van der Waals surface area (Å²) in [5.74, 6) is 0.184. The molecule has 0 aliphatic carbocycles. The quantitative estimate of drug-likeness (QED) is 0.718. The van der Waals surface area contributed by atoms with Gasteiger partial charge in [0.15, 0.2) is 0 Å². The summed E-state index contributed by atoms with van der Waals surface area (Å²) in [6, 6.07) is 3.88. The lowest BCUT2D eigenvalue weighted by Gasteiger charge is -2.20. The van der Waals surface area contributed by atoms with Crippen LogP contribution in [0.15, 0.2) is 30.7 Å². The van der Waals surface area contributed by atoms with Gasteiger partial charge in [0.05, 0.1) is 18.4 Å². The van der Waals surface area contributed by atoms with Crippen LogP contribution in [0.25, 0.3) is 16.2 Å². The Labute approximate surface area is 149 Å². The molecule has 130 valence electrons. The third-order valence-corrected chi connectivity index (χ3v) is 5.27. The Hall–Kier alpha value is -2.48. The number of aromatic nitrogens is 4. The minimum absolute atomic E-state index is 0.184. The molecule has 3 aromatic heterocycles. The molecule has 8 heteroatoms. The standard InChI is InChI=1S/C17H20N6OS/c1-2-7-21-8-4-9-22(12-15(21)24)17-20-23-11-14(19-16(23)25-17)13-5-3-6-18-10-13/h3,5-6,10-11H,2,4,7-9,12H2,1H3. The van der Waals surface area contributed by atoms with Gasteiger partial charge in [0, 0.05) is 37.6 Å². The zero-order valence-electron chi connectivity index (χ0n) is 14.1. The zero-order valence-corrected chi connectivity index (χ0v) is 14.9. The van der Waals surface area contributed by atoms with Crippen molar-refractivity contribution in [1.82, 2.24) is 24.5 Å². The number of hydrogen-bond donors (Lipinski definition) is 0. The fraction of sp³-hybridized carbons (Fsp3) is 0.412. The van der Waals surface area contributed by atoms with E-state index >= 15 is 0 Å². The average Bonchev–Trinajstić information content (AvgIpc) is 3.14.